The molecule has 0 unspecified atom stereocenters. The lowest BCUT2D eigenvalue weighted by Gasteiger charge is -2.44. The van der Waals surface area contributed by atoms with Gasteiger partial charge in [-0.25, -0.2) is 14.8 Å². The minimum Gasteiger partial charge on any atom is -0.444 e. The fraction of sp³-hybridized carbons (Fsp3) is 0.545. The lowest BCUT2D eigenvalue weighted by atomic mass is 9.71. The number of nitrogens with zero attached hydrogens (tertiary/aromatic N) is 6. The molecule has 12 heteroatoms. The minimum atomic E-state index is -0.588. The van der Waals surface area contributed by atoms with E-state index in [1.54, 1.807) is 19.0 Å². The summed E-state index contributed by atoms with van der Waals surface area (Å²) < 4.78 is 14.4. The van der Waals surface area contributed by atoms with Crippen LogP contribution in [0.15, 0.2) is 29.4 Å². The summed E-state index contributed by atoms with van der Waals surface area (Å²) in [5.41, 5.74) is 5.35. The number of fused-ring (bicyclic) bond motifs is 4. The quantitative estimate of drug-likeness (QED) is 0.285. The van der Waals surface area contributed by atoms with Crippen molar-refractivity contribution in [3.8, 4) is 0 Å². The van der Waals surface area contributed by atoms with Crippen LogP contribution in [0.4, 0.5) is 16.3 Å². The van der Waals surface area contributed by atoms with Gasteiger partial charge in [0.05, 0.1) is 30.1 Å². The summed E-state index contributed by atoms with van der Waals surface area (Å²) in [4.78, 5) is 39.1. The van der Waals surface area contributed by atoms with E-state index in [-0.39, 0.29) is 5.91 Å². The van der Waals surface area contributed by atoms with Crippen LogP contribution in [0.3, 0.4) is 0 Å². The number of hydrogen-bond donors (Lipinski definition) is 1. The molecule has 2 aromatic heterocycles. The summed E-state index contributed by atoms with van der Waals surface area (Å²) >= 11 is 1.54. The molecule has 0 fully saturated rings. The first-order valence-corrected chi connectivity index (χ1v) is 16.8. The maximum Gasteiger partial charge on any atom is 0.412 e. The summed E-state index contributed by atoms with van der Waals surface area (Å²) in [7, 11) is 3.49. The fourth-order valence-corrected chi connectivity index (χ4v) is 6.98. The van der Waals surface area contributed by atoms with E-state index >= 15 is 0 Å². The second-order valence-electron chi connectivity index (χ2n) is 13.5. The lowest BCUT2D eigenvalue weighted by molar-refractivity contribution is -0.0872. The highest BCUT2D eigenvalue weighted by molar-refractivity contribution is 7.98. The fourth-order valence-electron chi connectivity index (χ4n) is 6.60. The number of ether oxygens (including phenoxy) is 2. The normalized spacial score (nSPS) is 21.0. The number of rotatable bonds is 4. The third-order valence-electron chi connectivity index (χ3n) is 8.82. The van der Waals surface area contributed by atoms with Gasteiger partial charge in [-0.3, -0.25) is 14.8 Å². The molecule has 0 bridgehead atoms. The summed E-state index contributed by atoms with van der Waals surface area (Å²) in [6.07, 6.45) is 4.88. The molecule has 1 N–H and O–H groups in total. The smallest absolute Gasteiger partial charge is 0.412 e. The van der Waals surface area contributed by atoms with Gasteiger partial charge >= 0.3 is 6.09 Å². The molecule has 2 amide bonds. The Morgan fingerprint density at radius 3 is 2.71 bits per heavy atom. The molecule has 6 rings (SSSR count). The van der Waals surface area contributed by atoms with Crippen molar-refractivity contribution in [2.24, 2.45) is 0 Å². The van der Waals surface area contributed by atoms with Crippen LogP contribution in [-0.2, 0) is 41.2 Å². The molecule has 1 aromatic carbocycles. The average Bonchev–Trinajstić information content (AvgIpc) is 3.28. The summed E-state index contributed by atoms with van der Waals surface area (Å²) in [5.74, 6) is 1.16. The van der Waals surface area contributed by atoms with E-state index in [2.05, 4.69) is 34.4 Å². The van der Waals surface area contributed by atoms with Crippen LogP contribution < -0.4 is 10.2 Å². The largest absolute Gasteiger partial charge is 0.444 e. The van der Waals surface area contributed by atoms with Crippen LogP contribution in [-0.4, -0.2) is 69.1 Å². The zero-order valence-electron chi connectivity index (χ0n) is 27.3. The third kappa shape index (κ3) is 6.27. The predicted molar refractivity (Wildman–Crippen MR) is 174 cm³/mol. The van der Waals surface area contributed by atoms with Crippen molar-refractivity contribution >= 4 is 35.3 Å². The van der Waals surface area contributed by atoms with E-state index in [1.165, 1.54) is 17.3 Å². The van der Waals surface area contributed by atoms with Crippen molar-refractivity contribution in [1.29, 1.82) is 0 Å². The van der Waals surface area contributed by atoms with Crippen molar-refractivity contribution in [2.75, 3.05) is 37.1 Å². The van der Waals surface area contributed by atoms with E-state index < -0.39 is 17.3 Å². The van der Waals surface area contributed by atoms with Crippen molar-refractivity contribution in [2.45, 2.75) is 95.4 Å². The molecule has 2 aliphatic heterocycles. The van der Waals surface area contributed by atoms with Crippen LogP contribution in [0.25, 0.3) is 0 Å². The Labute approximate surface area is 269 Å². The molecule has 1 spiro atoms. The molecule has 240 valence electrons. The molecule has 45 heavy (non-hydrogen) atoms. The van der Waals surface area contributed by atoms with Gasteiger partial charge < -0.3 is 19.3 Å². The van der Waals surface area contributed by atoms with Gasteiger partial charge in [0, 0.05) is 44.9 Å². The number of nitrogens with one attached hydrogen (secondary N) is 1. The highest BCUT2D eigenvalue weighted by Gasteiger charge is 2.44. The Balaban J connectivity index is 1.33. The van der Waals surface area contributed by atoms with Gasteiger partial charge in [0.15, 0.2) is 10.9 Å². The molecule has 3 aliphatic rings. The number of hydrogen-bond acceptors (Lipinski definition) is 9. The van der Waals surface area contributed by atoms with Gasteiger partial charge in [0.2, 0.25) is 0 Å². The molecule has 0 saturated heterocycles. The maximum absolute atomic E-state index is 12.6. The van der Waals surface area contributed by atoms with E-state index in [4.69, 9.17) is 19.4 Å². The Hall–Kier alpha value is -3.64. The Bertz CT molecular complexity index is 1630. The highest BCUT2D eigenvalue weighted by Crippen LogP contribution is 2.49. The molecule has 0 saturated carbocycles. The summed E-state index contributed by atoms with van der Waals surface area (Å²) in [6.45, 7) is 10.3. The minimum absolute atomic E-state index is 0.101. The van der Waals surface area contributed by atoms with Gasteiger partial charge in [0.1, 0.15) is 11.4 Å². The molecule has 3 aromatic rings. The molecule has 4 heterocycles. The molecular formula is C33H43N7O4S. The Morgan fingerprint density at radius 2 is 1.98 bits per heavy atom. The number of carbonyl (C=O) groups is 2. The number of benzene rings is 1. The van der Waals surface area contributed by atoms with Gasteiger partial charge in [-0.15, -0.1) is 0 Å². The number of carbonyl (C=O) groups excluding carboxylic acids is 2. The van der Waals surface area contributed by atoms with Crippen LogP contribution in [0.2, 0.25) is 0 Å². The highest BCUT2D eigenvalue weighted by atomic mass is 32.2. The number of anilines is 2. The van der Waals surface area contributed by atoms with Crippen molar-refractivity contribution in [3.63, 3.8) is 0 Å². The topological polar surface area (TPSA) is 115 Å². The van der Waals surface area contributed by atoms with Crippen LogP contribution in [0.5, 0.6) is 0 Å². The standard InChI is InChI=1S/C33H43N7O4S/c1-20-11-12-33(25-15-21(9-10-23(20)25)34-31(42)44-32(2,3)4)17-27-24(19-43-33)28(36-30(35-27)45-7)39-13-8-14-40-22(18-39)16-26(37-40)29(41)38(5)6/h9-10,15-16,20H,8,11-14,17-19H2,1-7H3,(H,34,42)/t20-,33-/m0/s1. The second kappa shape index (κ2) is 11.9. The van der Waals surface area contributed by atoms with Gasteiger partial charge in [0.25, 0.3) is 5.91 Å². The molecule has 1 aliphatic carbocycles. The molecule has 11 nitrogen and oxygen atoms in total. The van der Waals surface area contributed by atoms with Gasteiger partial charge in [-0.2, -0.15) is 5.10 Å². The van der Waals surface area contributed by atoms with E-state index in [0.717, 1.165) is 65.8 Å². The summed E-state index contributed by atoms with van der Waals surface area (Å²) in [5, 5.41) is 8.26. The number of aromatic nitrogens is 4. The maximum atomic E-state index is 12.6. The Morgan fingerprint density at radius 1 is 1.18 bits per heavy atom. The van der Waals surface area contributed by atoms with Crippen LogP contribution >= 0.6 is 11.8 Å². The van der Waals surface area contributed by atoms with E-state index in [1.807, 2.05) is 43.8 Å². The number of amides is 2. The van der Waals surface area contributed by atoms with E-state index in [9.17, 15) is 9.59 Å². The van der Waals surface area contributed by atoms with Crippen molar-refractivity contribution < 1.29 is 19.1 Å². The van der Waals surface area contributed by atoms with Crippen molar-refractivity contribution in [3.05, 3.63) is 58.0 Å². The van der Waals surface area contributed by atoms with Gasteiger partial charge in [-0.1, -0.05) is 24.8 Å². The van der Waals surface area contributed by atoms with Crippen LogP contribution in [0.1, 0.15) is 91.4 Å². The SMILES string of the molecule is CSc1nc2c(c(N3CCCn4nc(C(=O)N(C)C)cc4C3)n1)CO[C@@]1(CC[C@H](C)c3ccc(NC(=O)OC(C)(C)C)cc31)C2. The van der Waals surface area contributed by atoms with Crippen LogP contribution in [0, 0.1) is 0 Å². The number of thioether (sulfide) groups is 1. The first-order chi connectivity index (χ1) is 21.4. The molecular weight excluding hydrogens is 590 g/mol. The van der Waals surface area contributed by atoms with Gasteiger partial charge in [-0.05, 0) is 81.5 Å². The first-order valence-electron chi connectivity index (χ1n) is 15.6. The zero-order valence-corrected chi connectivity index (χ0v) is 28.1. The first kappa shape index (κ1) is 31.3. The number of aryl methyl sites for hydroxylation is 1. The summed E-state index contributed by atoms with van der Waals surface area (Å²) in [6, 6.07) is 8.02. The monoisotopic (exact) mass is 633 g/mol. The van der Waals surface area contributed by atoms with E-state index in [0.29, 0.717) is 36.9 Å². The van der Waals surface area contributed by atoms with Crippen molar-refractivity contribution in [1.82, 2.24) is 24.6 Å². The molecule has 2 atom stereocenters. The predicted octanol–water partition coefficient (Wildman–Crippen LogP) is 5.72. The average molecular weight is 634 g/mol. The Kier molecular flexibility index (Phi) is 8.32. The zero-order chi connectivity index (χ0) is 32.1. The third-order valence-corrected chi connectivity index (χ3v) is 9.37. The molecule has 0 radical (unpaired) electrons. The second-order valence-corrected chi connectivity index (χ2v) is 14.3. The lowest BCUT2D eigenvalue weighted by Crippen LogP contribution is -2.41.